The molecule has 15 heavy (non-hydrogen) atoms. The predicted molar refractivity (Wildman–Crippen MR) is 63.8 cm³/mol. The molecule has 2 nitrogen and oxygen atoms in total. The zero-order chi connectivity index (χ0) is 12.4. The van der Waals surface area contributed by atoms with Crippen molar-refractivity contribution < 1.29 is 9.90 Å². The Morgan fingerprint density at radius 1 is 1.07 bits per heavy atom. The van der Waals surface area contributed by atoms with Crippen molar-refractivity contribution in [2.75, 3.05) is 0 Å². The Bertz CT molecular complexity index is 273. The zero-order valence-electron chi connectivity index (χ0n) is 11.1. The lowest BCUT2D eigenvalue weighted by molar-refractivity contribution is -0.122. The SMILES string of the molecule is CC(C)=C(C)C(=O)CC(C)(C)C(C)(C)O. The molecule has 0 aromatic carbocycles. The number of Topliss-reactive ketones (excluding diaryl/α,β-unsaturated/α-hetero) is 1. The quantitative estimate of drug-likeness (QED) is 0.727. The molecule has 0 fully saturated rings. The summed E-state index contributed by atoms with van der Waals surface area (Å²) < 4.78 is 0. The maximum atomic E-state index is 11.9. The van der Waals surface area contributed by atoms with Gasteiger partial charge in [-0.05, 0) is 40.2 Å². The summed E-state index contributed by atoms with van der Waals surface area (Å²) in [6, 6.07) is 0. The van der Waals surface area contributed by atoms with Gasteiger partial charge in [0, 0.05) is 11.8 Å². The molecule has 0 aliphatic carbocycles. The largest absolute Gasteiger partial charge is 0.390 e. The van der Waals surface area contributed by atoms with E-state index in [2.05, 4.69) is 0 Å². The number of hydrogen-bond acceptors (Lipinski definition) is 2. The Morgan fingerprint density at radius 3 is 1.73 bits per heavy atom. The third-order valence-electron chi connectivity index (χ3n) is 3.43. The Hall–Kier alpha value is -0.630. The highest BCUT2D eigenvalue weighted by Crippen LogP contribution is 2.34. The van der Waals surface area contributed by atoms with Crippen LogP contribution in [-0.4, -0.2) is 16.5 Å². The van der Waals surface area contributed by atoms with Crippen LogP contribution in [0.2, 0.25) is 0 Å². The molecule has 0 bridgehead atoms. The Balaban J connectivity index is 4.78. The Labute approximate surface area is 93.4 Å². The summed E-state index contributed by atoms with van der Waals surface area (Å²) in [5, 5.41) is 9.95. The lowest BCUT2D eigenvalue weighted by Gasteiger charge is -2.36. The third-order valence-corrected chi connectivity index (χ3v) is 3.43. The molecule has 0 atom stereocenters. The minimum absolute atomic E-state index is 0.127. The predicted octanol–water partition coefficient (Wildman–Crippen LogP) is 3.10. The highest BCUT2D eigenvalue weighted by atomic mass is 16.3. The molecule has 0 aliphatic rings. The number of carbonyl (C=O) groups excluding carboxylic acids is 1. The summed E-state index contributed by atoms with van der Waals surface area (Å²) in [5.41, 5.74) is 0.615. The van der Waals surface area contributed by atoms with Gasteiger partial charge in [-0.3, -0.25) is 4.79 Å². The van der Waals surface area contributed by atoms with Crippen molar-refractivity contribution in [1.29, 1.82) is 0 Å². The van der Waals surface area contributed by atoms with E-state index in [4.69, 9.17) is 0 Å². The fourth-order valence-corrected chi connectivity index (χ4v) is 1.03. The fraction of sp³-hybridized carbons (Fsp3) is 0.769. The summed E-state index contributed by atoms with van der Waals surface area (Å²) >= 11 is 0. The van der Waals surface area contributed by atoms with E-state index in [0.29, 0.717) is 6.42 Å². The second-order valence-corrected chi connectivity index (χ2v) is 5.67. The van der Waals surface area contributed by atoms with Gasteiger partial charge in [0.15, 0.2) is 5.78 Å². The minimum Gasteiger partial charge on any atom is -0.390 e. The molecule has 0 aliphatic heterocycles. The van der Waals surface area contributed by atoms with Gasteiger partial charge in [0.2, 0.25) is 0 Å². The molecule has 0 aromatic rings. The number of hydrogen-bond donors (Lipinski definition) is 1. The first-order valence-corrected chi connectivity index (χ1v) is 5.38. The molecule has 0 saturated heterocycles. The van der Waals surface area contributed by atoms with E-state index >= 15 is 0 Å². The topological polar surface area (TPSA) is 37.3 Å². The minimum atomic E-state index is -0.843. The van der Waals surface area contributed by atoms with E-state index in [1.165, 1.54) is 0 Å². The third kappa shape index (κ3) is 3.78. The van der Waals surface area contributed by atoms with Gasteiger partial charge < -0.3 is 5.11 Å². The summed E-state index contributed by atoms with van der Waals surface area (Å²) in [5.74, 6) is 0.127. The smallest absolute Gasteiger partial charge is 0.159 e. The molecule has 0 spiro atoms. The Kier molecular flexibility index (Phi) is 4.29. The molecule has 0 aromatic heterocycles. The molecule has 2 heteroatoms. The maximum Gasteiger partial charge on any atom is 0.159 e. The summed E-state index contributed by atoms with van der Waals surface area (Å²) in [7, 11) is 0. The van der Waals surface area contributed by atoms with Crippen LogP contribution in [0.3, 0.4) is 0 Å². The van der Waals surface area contributed by atoms with Gasteiger partial charge in [-0.2, -0.15) is 0 Å². The van der Waals surface area contributed by atoms with Gasteiger partial charge in [0.05, 0.1) is 5.60 Å². The van der Waals surface area contributed by atoms with Crippen molar-refractivity contribution in [1.82, 2.24) is 0 Å². The summed E-state index contributed by atoms with van der Waals surface area (Å²) in [6.45, 7) is 13.1. The maximum absolute atomic E-state index is 11.9. The lowest BCUT2D eigenvalue weighted by atomic mass is 9.73. The van der Waals surface area contributed by atoms with Gasteiger partial charge in [0.25, 0.3) is 0 Å². The first kappa shape index (κ1) is 14.4. The zero-order valence-corrected chi connectivity index (χ0v) is 11.1. The molecule has 0 heterocycles. The normalized spacial score (nSPS) is 12.5. The molecular formula is C13H24O2. The molecule has 0 amide bonds. The van der Waals surface area contributed by atoms with Crippen LogP contribution in [0, 0.1) is 5.41 Å². The molecule has 88 valence electrons. The second-order valence-electron chi connectivity index (χ2n) is 5.67. The Morgan fingerprint density at radius 2 is 1.47 bits per heavy atom. The van der Waals surface area contributed by atoms with Gasteiger partial charge in [-0.15, -0.1) is 0 Å². The number of rotatable bonds is 4. The van der Waals surface area contributed by atoms with Crippen molar-refractivity contribution in [3.05, 3.63) is 11.1 Å². The lowest BCUT2D eigenvalue weighted by Crippen LogP contribution is -2.40. The van der Waals surface area contributed by atoms with Crippen LogP contribution in [0.25, 0.3) is 0 Å². The van der Waals surface area contributed by atoms with Crippen LogP contribution < -0.4 is 0 Å². The summed E-state index contributed by atoms with van der Waals surface area (Å²) in [4.78, 5) is 11.9. The van der Waals surface area contributed by atoms with Crippen molar-refractivity contribution >= 4 is 5.78 Å². The number of allylic oxidation sites excluding steroid dienone is 2. The van der Waals surface area contributed by atoms with Gasteiger partial charge >= 0.3 is 0 Å². The monoisotopic (exact) mass is 212 g/mol. The number of aliphatic hydroxyl groups is 1. The van der Waals surface area contributed by atoms with Crippen LogP contribution in [0.1, 0.15) is 54.9 Å². The van der Waals surface area contributed by atoms with Crippen molar-refractivity contribution in [2.24, 2.45) is 5.41 Å². The van der Waals surface area contributed by atoms with Crippen molar-refractivity contribution in [2.45, 2.75) is 60.5 Å². The van der Waals surface area contributed by atoms with Gasteiger partial charge in [-0.25, -0.2) is 0 Å². The second kappa shape index (κ2) is 4.48. The molecule has 0 rings (SSSR count). The molecule has 0 unspecified atom stereocenters. The van der Waals surface area contributed by atoms with E-state index in [9.17, 15) is 9.90 Å². The van der Waals surface area contributed by atoms with E-state index in [1.54, 1.807) is 13.8 Å². The molecule has 0 radical (unpaired) electrons. The average Bonchev–Trinajstić information content (AvgIpc) is 1.99. The first-order valence-electron chi connectivity index (χ1n) is 5.38. The van der Waals surface area contributed by atoms with E-state index < -0.39 is 11.0 Å². The number of carbonyl (C=O) groups is 1. The van der Waals surface area contributed by atoms with Crippen molar-refractivity contribution in [3.8, 4) is 0 Å². The van der Waals surface area contributed by atoms with E-state index in [0.717, 1.165) is 11.1 Å². The van der Waals surface area contributed by atoms with Gasteiger partial charge in [0.1, 0.15) is 0 Å². The summed E-state index contributed by atoms with van der Waals surface area (Å²) in [6.07, 6.45) is 0.382. The van der Waals surface area contributed by atoms with Crippen LogP contribution in [0.5, 0.6) is 0 Å². The first-order chi connectivity index (χ1) is 6.49. The standard InChI is InChI=1S/C13H24O2/c1-9(2)10(3)11(14)8-12(4,5)13(6,7)15/h15H,8H2,1-7H3. The van der Waals surface area contributed by atoms with Crippen LogP contribution in [0.15, 0.2) is 11.1 Å². The van der Waals surface area contributed by atoms with Crippen LogP contribution in [-0.2, 0) is 4.79 Å². The highest BCUT2D eigenvalue weighted by molar-refractivity contribution is 5.95. The van der Waals surface area contributed by atoms with Crippen LogP contribution in [0.4, 0.5) is 0 Å². The molecule has 0 saturated carbocycles. The highest BCUT2D eigenvalue weighted by Gasteiger charge is 2.36. The molecular weight excluding hydrogens is 188 g/mol. The van der Waals surface area contributed by atoms with Crippen LogP contribution >= 0.6 is 0 Å². The van der Waals surface area contributed by atoms with E-state index in [-0.39, 0.29) is 5.78 Å². The fourth-order valence-electron chi connectivity index (χ4n) is 1.03. The van der Waals surface area contributed by atoms with E-state index in [1.807, 2.05) is 34.6 Å². The average molecular weight is 212 g/mol. The molecule has 1 N–H and O–H groups in total. The van der Waals surface area contributed by atoms with Crippen molar-refractivity contribution in [3.63, 3.8) is 0 Å². The number of ketones is 1. The van der Waals surface area contributed by atoms with Gasteiger partial charge in [-0.1, -0.05) is 19.4 Å².